The van der Waals surface area contributed by atoms with Crippen molar-refractivity contribution in [1.82, 2.24) is 0 Å². The van der Waals surface area contributed by atoms with Gasteiger partial charge < -0.3 is 0 Å². The van der Waals surface area contributed by atoms with Gasteiger partial charge in [-0.05, 0) is 0 Å². The second kappa shape index (κ2) is 7.45. The first-order chi connectivity index (χ1) is 14.0. The molecular weight excluding hydrogens is 391 g/mol. The fourth-order valence-electron chi connectivity index (χ4n) is 4.79. The molecule has 0 saturated carbocycles. The molecule has 4 aromatic carbocycles. The zero-order valence-corrected chi connectivity index (χ0v) is 18.8. The summed E-state index contributed by atoms with van der Waals surface area (Å²) in [5.74, 6) is -3.46. The molecule has 0 unspecified atom stereocenters. The van der Waals surface area contributed by atoms with Gasteiger partial charge in [0, 0.05) is 0 Å². The molecule has 0 heterocycles. The average Bonchev–Trinajstić information content (AvgIpc) is 2.75. The van der Waals surface area contributed by atoms with Gasteiger partial charge in [0.15, 0.2) is 0 Å². The molecule has 0 bridgehead atoms. The fraction of sp³-hybridized carbons (Fsp3) is 0.111. The summed E-state index contributed by atoms with van der Waals surface area (Å²) in [6.07, 6.45) is 0. The van der Waals surface area contributed by atoms with Gasteiger partial charge in [-0.2, -0.15) is 0 Å². The van der Waals surface area contributed by atoms with E-state index in [1.807, 2.05) is 0 Å². The molecule has 4 rings (SSSR count). The summed E-state index contributed by atoms with van der Waals surface area (Å²) < 4.78 is 0. The standard InChI is InChI=1S/C27H26ClP/c1-21-19-22(2)27(23(3)20-21)29(28,24-13-7-4-8-14-24,25-15-9-5-10-16-25)26-17-11-6-12-18-26/h4-20H,1-3H3. The Morgan fingerprint density at radius 2 is 0.828 bits per heavy atom. The minimum atomic E-state index is -3.46. The first-order valence-corrected chi connectivity index (χ1v) is 13.1. The molecule has 0 spiro atoms. The predicted octanol–water partition coefficient (Wildman–Crippen LogP) is 5.92. The number of rotatable bonds is 4. The van der Waals surface area contributed by atoms with Crippen LogP contribution in [0.4, 0.5) is 0 Å². The Morgan fingerprint density at radius 1 is 0.517 bits per heavy atom. The quantitative estimate of drug-likeness (QED) is 0.362. The van der Waals surface area contributed by atoms with Gasteiger partial charge in [0.25, 0.3) is 0 Å². The first-order valence-electron chi connectivity index (χ1n) is 9.95. The number of aryl methyl sites for hydroxylation is 3. The number of benzene rings is 4. The molecule has 0 N–H and O–H groups in total. The maximum absolute atomic E-state index is 8.29. The summed E-state index contributed by atoms with van der Waals surface area (Å²) in [6.45, 7) is 6.56. The van der Waals surface area contributed by atoms with Crippen LogP contribution < -0.4 is 21.2 Å². The molecule has 0 aliphatic carbocycles. The summed E-state index contributed by atoms with van der Waals surface area (Å²) in [7, 11) is 0. The Labute approximate surface area is 178 Å². The Kier molecular flexibility index (Phi) is 5.11. The van der Waals surface area contributed by atoms with E-state index in [1.54, 1.807) is 0 Å². The third-order valence-corrected chi connectivity index (χ3v) is 13.4. The number of hydrogen-bond donors (Lipinski definition) is 0. The van der Waals surface area contributed by atoms with E-state index in [4.69, 9.17) is 11.2 Å². The Balaban J connectivity index is 2.30. The fourth-order valence-corrected chi connectivity index (χ4v) is 11.9. The second-order valence-electron chi connectivity index (χ2n) is 7.76. The molecule has 4 aromatic rings. The zero-order valence-electron chi connectivity index (χ0n) is 17.1. The van der Waals surface area contributed by atoms with Crippen molar-refractivity contribution < 1.29 is 0 Å². The van der Waals surface area contributed by atoms with Crippen LogP contribution in [0.5, 0.6) is 0 Å². The van der Waals surface area contributed by atoms with E-state index in [-0.39, 0.29) is 0 Å². The van der Waals surface area contributed by atoms with Crippen LogP contribution in [0.1, 0.15) is 16.7 Å². The van der Waals surface area contributed by atoms with Gasteiger partial charge in [0.05, 0.1) is 0 Å². The van der Waals surface area contributed by atoms with Crippen LogP contribution in [-0.2, 0) is 0 Å². The van der Waals surface area contributed by atoms with Crippen molar-refractivity contribution in [3.05, 3.63) is 120 Å². The van der Waals surface area contributed by atoms with Gasteiger partial charge in [-0.3, -0.25) is 0 Å². The summed E-state index contributed by atoms with van der Waals surface area (Å²) in [6, 6.07) is 36.5. The third kappa shape index (κ3) is 2.94. The second-order valence-corrected chi connectivity index (χ2v) is 13.8. The van der Waals surface area contributed by atoms with Crippen LogP contribution in [0.2, 0.25) is 0 Å². The van der Waals surface area contributed by atoms with E-state index in [9.17, 15) is 0 Å². The van der Waals surface area contributed by atoms with E-state index >= 15 is 0 Å². The molecule has 0 fully saturated rings. The molecule has 0 radical (unpaired) electrons. The monoisotopic (exact) mass is 416 g/mol. The Morgan fingerprint density at radius 3 is 1.14 bits per heavy atom. The topological polar surface area (TPSA) is 0 Å². The van der Waals surface area contributed by atoms with Crippen LogP contribution in [0.25, 0.3) is 0 Å². The van der Waals surface area contributed by atoms with Gasteiger partial charge in [-0.25, -0.2) is 0 Å². The van der Waals surface area contributed by atoms with Crippen LogP contribution in [-0.4, -0.2) is 0 Å². The van der Waals surface area contributed by atoms with Crippen molar-refractivity contribution in [3.63, 3.8) is 0 Å². The van der Waals surface area contributed by atoms with Crippen LogP contribution in [0.15, 0.2) is 103 Å². The van der Waals surface area contributed by atoms with Gasteiger partial charge >= 0.3 is 179 Å². The van der Waals surface area contributed by atoms with Gasteiger partial charge in [0.1, 0.15) is 0 Å². The molecule has 0 atom stereocenters. The molecule has 2 heteroatoms. The van der Waals surface area contributed by atoms with Crippen molar-refractivity contribution in [2.45, 2.75) is 20.8 Å². The van der Waals surface area contributed by atoms with E-state index in [0.29, 0.717) is 0 Å². The summed E-state index contributed by atoms with van der Waals surface area (Å²) in [4.78, 5) is 0. The number of hydrogen-bond acceptors (Lipinski definition) is 0. The van der Waals surface area contributed by atoms with Crippen molar-refractivity contribution in [2.24, 2.45) is 0 Å². The van der Waals surface area contributed by atoms with Crippen LogP contribution in [0.3, 0.4) is 0 Å². The maximum atomic E-state index is 8.29. The van der Waals surface area contributed by atoms with Crippen molar-refractivity contribution in [1.29, 1.82) is 0 Å². The summed E-state index contributed by atoms with van der Waals surface area (Å²) in [5, 5.41) is 4.78. The molecule has 0 aliphatic heterocycles. The van der Waals surface area contributed by atoms with Gasteiger partial charge in [0.2, 0.25) is 0 Å². The number of halogens is 1. The molecule has 146 valence electrons. The molecule has 29 heavy (non-hydrogen) atoms. The summed E-state index contributed by atoms with van der Waals surface area (Å²) in [5.41, 5.74) is 3.75. The van der Waals surface area contributed by atoms with Crippen LogP contribution in [0, 0.1) is 20.8 Å². The predicted molar refractivity (Wildman–Crippen MR) is 131 cm³/mol. The molecule has 0 aliphatic rings. The van der Waals surface area contributed by atoms with E-state index < -0.39 is 5.96 Å². The zero-order chi connectivity index (χ0) is 20.5. The molecular formula is C27H26ClP. The minimum absolute atomic E-state index is 1.17. The van der Waals surface area contributed by atoms with Gasteiger partial charge in [-0.1, -0.05) is 0 Å². The van der Waals surface area contributed by atoms with E-state index in [1.165, 1.54) is 37.9 Å². The first kappa shape index (κ1) is 19.9. The Bertz CT molecular complexity index is 1010. The van der Waals surface area contributed by atoms with Crippen molar-refractivity contribution in [2.75, 3.05) is 0 Å². The van der Waals surface area contributed by atoms with Crippen molar-refractivity contribution >= 4 is 38.4 Å². The van der Waals surface area contributed by atoms with E-state index in [0.717, 1.165) is 0 Å². The Hall–Kier alpha value is -2.40. The molecule has 0 saturated heterocycles. The SMILES string of the molecule is Cc1cc(C)c(P(Cl)(c2ccccc2)(c2ccccc2)c2ccccc2)c(C)c1. The van der Waals surface area contributed by atoms with Crippen LogP contribution >= 0.6 is 17.2 Å². The molecule has 0 aromatic heterocycles. The molecule has 0 nitrogen and oxygen atoms in total. The van der Waals surface area contributed by atoms with E-state index in [2.05, 4.69) is 124 Å². The normalized spacial score (nSPS) is 12.9. The average molecular weight is 417 g/mol. The molecule has 0 amide bonds. The van der Waals surface area contributed by atoms with Gasteiger partial charge in [-0.15, -0.1) is 0 Å². The van der Waals surface area contributed by atoms with Crippen molar-refractivity contribution in [3.8, 4) is 0 Å². The third-order valence-electron chi connectivity index (χ3n) is 5.78. The summed E-state index contributed by atoms with van der Waals surface area (Å²) >= 11 is 8.29.